The molecule has 0 aliphatic heterocycles. The monoisotopic (exact) mass is 282 g/mol. The van der Waals surface area contributed by atoms with E-state index in [1.165, 1.54) is 0 Å². The Hall–Kier alpha value is -2.69. The maximum atomic E-state index is 11.9. The number of hydrogen-bond donors (Lipinski definition) is 2. The maximum absolute atomic E-state index is 11.9. The zero-order valence-corrected chi connectivity index (χ0v) is 12.1. The number of hydrogen-bond acceptors (Lipinski definition) is 4. The van der Waals surface area contributed by atoms with Crippen LogP contribution in [0.25, 0.3) is 0 Å². The quantitative estimate of drug-likeness (QED) is 0.653. The summed E-state index contributed by atoms with van der Waals surface area (Å²) in [5, 5.41) is 7.05. The van der Waals surface area contributed by atoms with E-state index in [1.807, 2.05) is 43.3 Å². The number of pyridine rings is 1. The molecule has 21 heavy (non-hydrogen) atoms. The molecule has 0 unspecified atom stereocenters. The number of rotatable bonds is 5. The van der Waals surface area contributed by atoms with E-state index in [0.29, 0.717) is 0 Å². The van der Waals surface area contributed by atoms with E-state index < -0.39 is 0 Å². The number of aryl methyl sites for hydroxylation is 1. The number of nitrogens with one attached hydrogen (secondary N) is 2. The number of nitrogens with zero attached hydrogens (tertiary/aromatic N) is 2. The van der Waals surface area contributed by atoms with E-state index in [2.05, 4.69) is 20.8 Å². The summed E-state index contributed by atoms with van der Waals surface area (Å²) in [5.41, 5.74) is 5.39. The second-order valence-electron chi connectivity index (χ2n) is 4.76. The molecule has 1 heterocycles. The molecule has 1 aromatic carbocycles. The predicted octanol–water partition coefficient (Wildman–Crippen LogP) is 2.34. The number of amides is 1. The van der Waals surface area contributed by atoms with Gasteiger partial charge in [-0.15, -0.1) is 0 Å². The summed E-state index contributed by atoms with van der Waals surface area (Å²) in [6.45, 7) is 3.80. The van der Waals surface area contributed by atoms with Crippen molar-refractivity contribution in [2.45, 2.75) is 19.9 Å². The summed E-state index contributed by atoms with van der Waals surface area (Å²) < 4.78 is 0. The zero-order chi connectivity index (χ0) is 15.1. The molecule has 108 valence electrons. The van der Waals surface area contributed by atoms with Crippen molar-refractivity contribution in [2.24, 2.45) is 5.10 Å². The highest BCUT2D eigenvalue weighted by molar-refractivity contribution is 5.86. The number of benzene rings is 1. The van der Waals surface area contributed by atoms with Crippen LogP contribution >= 0.6 is 0 Å². The van der Waals surface area contributed by atoms with Crippen molar-refractivity contribution in [3.63, 3.8) is 0 Å². The Morgan fingerprint density at radius 1 is 1.33 bits per heavy atom. The fourth-order valence-corrected chi connectivity index (χ4v) is 1.77. The lowest BCUT2D eigenvalue weighted by Gasteiger charge is -2.13. The third-order valence-corrected chi connectivity index (χ3v) is 2.87. The van der Waals surface area contributed by atoms with E-state index in [0.717, 1.165) is 16.8 Å². The van der Waals surface area contributed by atoms with E-state index in [9.17, 15) is 4.79 Å². The standard InChI is InChI=1S/C16H18N4O/c1-12-5-3-7-15(9-12)19-13(2)16(21)20-18-11-14-6-4-8-17-10-14/h3-11,13,19H,1-2H3,(H,20,21)/b18-11-/t13-/m0/s1. The van der Waals surface area contributed by atoms with Crippen molar-refractivity contribution in [1.82, 2.24) is 10.4 Å². The first-order valence-electron chi connectivity index (χ1n) is 6.71. The first-order chi connectivity index (χ1) is 10.1. The van der Waals surface area contributed by atoms with Gasteiger partial charge in [-0.05, 0) is 37.6 Å². The van der Waals surface area contributed by atoms with Crippen LogP contribution < -0.4 is 10.7 Å². The molecule has 0 radical (unpaired) electrons. The van der Waals surface area contributed by atoms with Crippen LogP contribution in [0.15, 0.2) is 53.9 Å². The third kappa shape index (κ3) is 4.72. The van der Waals surface area contributed by atoms with Crippen LogP contribution in [0.3, 0.4) is 0 Å². The molecule has 0 fully saturated rings. The second-order valence-corrected chi connectivity index (χ2v) is 4.76. The van der Waals surface area contributed by atoms with Crippen molar-refractivity contribution < 1.29 is 4.79 Å². The van der Waals surface area contributed by atoms with Gasteiger partial charge in [0.2, 0.25) is 0 Å². The molecule has 0 aliphatic rings. The minimum atomic E-state index is -0.377. The third-order valence-electron chi connectivity index (χ3n) is 2.87. The van der Waals surface area contributed by atoms with Crippen LogP contribution in [0.1, 0.15) is 18.1 Å². The fourth-order valence-electron chi connectivity index (χ4n) is 1.77. The SMILES string of the molecule is Cc1cccc(N[C@@H](C)C(=O)N/N=C\c2cccnc2)c1. The van der Waals surface area contributed by atoms with E-state index in [4.69, 9.17) is 0 Å². The second kappa shape index (κ2) is 7.19. The van der Waals surface area contributed by atoms with Gasteiger partial charge in [0, 0.05) is 23.6 Å². The lowest BCUT2D eigenvalue weighted by molar-refractivity contribution is -0.121. The van der Waals surface area contributed by atoms with Crippen LogP contribution in [0.4, 0.5) is 5.69 Å². The highest BCUT2D eigenvalue weighted by atomic mass is 16.2. The van der Waals surface area contributed by atoms with Gasteiger partial charge in [0.25, 0.3) is 5.91 Å². The minimum absolute atomic E-state index is 0.198. The Morgan fingerprint density at radius 2 is 2.19 bits per heavy atom. The molecule has 2 N–H and O–H groups in total. The summed E-state index contributed by atoms with van der Waals surface area (Å²) in [6.07, 6.45) is 4.91. The van der Waals surface area contributed by atoms with E-state index in [1.54, 1.807) is 25.5 Å². The van der Waals surface area contributed by atoms with E-state index in [-0.39, 0.29) is 11.9 Å². The van der Waals surface area contributed by atoms with Gasteiger partial charge in [0.05, 0.1) is 6.21 Å². The molecule has 1 amide bonds. The first kappa shape index (κ1) is 14.7. The Labute approximate surface area is 124 Å². The van der Waals surface area contributed by atoms with Crippen molar-refractivity contribution in [3.05, 3.63) is 59.9 Å². The summed E-state index contributed by atoms with van der Waals surface area (Å²) in [6, 6.07) is 11.2. The molecule has 5 heteroatoms. The average Bonchev–Trinajstić information content (AvgIpc) is 2.48. The largest absolute Gasteiger partial charge is 0.374 e. The molecular formula is C16H18N4O. The van der Waals surface area contributed by atoms with Gasteiger partial charge in [-0.3, -0.25) is 9.78 Å². The Balaban J connectivity index is 1.87. The molecular weight excluding hydrogens is 264 g/mol. The van der Waals surface area contributed by atoms with Gasteiger partial charge in [-0.2, -0.15) is 5.10 Å². The first-order valence-corrected chi connectivity index (χ1v) is 6.71. The predicted molar refractivity (Wildman–Crippen MR) is 84.2 cm³/mol. The maximum Gasteiger partial charge on any atom is 0.262 e. The summed E-state index contributed by atoms with van der Waals surface area (Å²) in [5.74, 6) is -0.198. The molecule has 2 aromatic rings. The summed E-state index contributed by atoms with van der Waals surface area (Å²) in [7, 11) is 0. The molecule has 5 nitrogen and oxygen atoms in total. The molecule has 0 bridgehead atoms. The van der Waals surface area contributed by atoms with Gasteiger partial charge in [0.15, 0.2) is 0 Å². The number of aromatic nitrogens is 1. The van der Waals surface area contributed by atoms with Gasteiger partial charge in [-0.25, -0.2) is 5.43 Å². The molecule has 0 spiro atoms. The molecule has 0 saturated heterocycles. The van der Waals surface area contributed by atoms with Crippen LogP contribution in [-0.2, 0) is 4.79 Å². The van der Waals surface area contributed by atoms with Gasteiger partial charge < -0.3 is 5.32 Å². The van der Waals surface area contributed by atoms with Gasteiger partial charge in [-0.1, -0.05) is 18.2 Å². The molecule has 0 aliphatic carbocycles. The Kier molecular flexibility index (Phi) is 5.04. The average molecular weight is 282 g/mol. The molecule has 1 aromatic heterocycles. The highest BCUT2D eigenvalue weighted by Crippen LogP contribution is 2.10. The Bertz CT molecular complexity index is 625. The lowest BCUT2D eigenvalue weighted by Crippen LogP contribution is -2.34. The molecule has 1 atom stereocenters. The van der Waals surface area contributed by atoms with Crippen molar-refractivity contribution in [3.8, 4) is 0 Å². The zero-order valence-electron chi connectivity index (χ0n) is 12.1. The van der Waals surface area contributed by atoms with Gasteiger partial charge >= 0.3 is 0 Å². The number of hydrazone groups is 1. The molecule has 2 rings (SSSR count). The number of anilines is 1. The van der Waals surface area contributed by atoms with Gasteiger partial charge in [0.1, 0.15) is 6.04 Å². The smallest absolute Gasteiger partial charge is 0.262 e. The summed E-state index contributed by atoms with van der Waals surface area (Å²) in [4.78, 5) is 15.9. The Morgan fingerprint density at radius 3 is 2.90 bits per heavy atom. The van der Waals surface area contributed by atoms with Crippen LogP contribution in [0.5, 0.6) is 0 Å². The van der Waals surface area contributed by atoms with Crippen molar-refractivity contribution in [2.75, 3.05) is 5.32 Å². The minimum Gasteiger partial charge on any atom is -0.374 e. The number of carbonyl (C=O) groups is 1. The molecule has 0 saturated carbocycles. The van der Waals surface area contributed by atoms with Crippen LogP contribution in [0.2, 0.25) is 0 Å². The normalized spacial score (nSPS) is 12.1. The van der Waals surface area contributed by atoms with Crippen molar-refractivity contribution in [1.29, 1.82) is 0 Å². The lowest BCUT2D eigenvalue weighted by atomic mass is 10.2. The van der Waals surface area contributed by atoms with E-state index >= 15 is 0 Å². The van der Waals surface area contributed by atoms with Crippen molar-refractivity contribution >= 4 is 17.8 Å². The highest BCUT2D eigenvalue weighted by Gasteiger charge is 2.11. The number of carbonyl (C=O) groups excluding carboxylic acids is 1. The van der Waals surface area contributed by atoms with Crippen LogP contribution in [0, 0.1) is 6.92 Å². The fraction of sp³-hybridized carbons (Fsp3) is 0.188. The summed E-state index contributed by atoms with van der Waals surface area (Å²) >= 11 is 0. The van der Waals surface area contributed by atoms with Crippen LogP contribution in [-0.4, -0.2) is 23.1 Å². The topological polar surface area (TPSA) is 66.4 Å².